The van der Waals surface area contributed by atoms with E-state index in [1.54, 1.807) is 0 Å². The molecule has 1 saturated heterocycles. The summed E-state index contributed by atoms with van der Waals surface area (Å²) in [6, 6.07) is 16.7. The average Bonchev–Trinajstić information content (AvgIpc) is 2.55. The van der Waals surface area contributed by atoms with Gasteiger partial charge in [0.1, 0.15) is 0 Å². The van der Waals surface area contributed by atoms with Crippen LogP contribution in [0.2, 0.25) is 0 Å². The molecule has 0 atom stereocenters. The van der Waals surface area contributed by atoms with Crippen LogP contribution in [0.3, 0.4) is 0 Å². The van der Waals surface area contributed by atoms with Crippen LogP contribution < -0.4 is 4.90 Å². The van der Waals surface area contributed by atoms with E-state index in [9.17, 15) is 0 Å². The van der Waals surface area contributed by atoms with Crippen molar-refractivity contribution in [1.82, 2.24) is 0 Å². The topological polar surface area (TPSA) is 24.8 Å². The molecule has 1 aliphatic rings. The molecular weight excluding hydrogens is 375 g/mol. The molecule has 21 heavy (non-hydrogen) atoms. The van der Waals surface area contributed by atoms with E-state index in [-0.39, 0.29) is 0 Å². The predicted molar refractivity (Wildman–Crippen MR) is 95.9 cm³/mol. The van der Waals surface area contributed by atoms with E-state index in [0.29, 0.717) is 0 Å². The molecule has 0 aliphatic carbocycles. The van der Waals surface area contributed by atoms with Gasteiger partial charge in [0.2, 0.25) is 0 Å². The fraction of sp³-hybridized carbons (Fsp3) is 0.235. The minimum Gasteiger partial charge on any atom is -0.378 e. The fourth-order valence-corrected chi connectivity index (χ4v) is 2.82. The van der Waals surface area contributed by atoms with Gasteiger partial charge in [-0.2, -0.15) is 0 Å². The number of aliphatic imine (C=N–C) groups is 1. The van der Waals surface area contributed by atoms with Crippen LogP contribution in [0.4, 0.5) is 11.4 Å². The first-order valence-electron chi connectivity index (χ1n) is 7.04. The third-order valence-corrected chi connectivity index (χ3v) is 4.39. The summed E-state index contributed by atoms with van der Waals surface area (Å²) in [5.41, 5.74) is 3.38. The summed E-state index contributed by atoms with van der Waals surface area (Å²) in [5.74, 6) is 0. The number of hydrogen-bond acceptors (Lipinski definition) is 3. The molecule has 1 heterocycles. The summed E-state index contributed by atoms with van der Waals surface area (Å²) in [6.45, 7) is 3.57. The Hall–Kier alpha value is -1.40. The number of halogens is 1. The first-order chi connectivity index (χ1) is 10.3. The van der Waals surface area contributed by atoms with Crippen molar-refractivity contribution in [3.05, 3.63) is 57.7 Å². The second-order valence-corrected chi connectivity index (χ2v) is 6.06. The maximum atomic E-state index is 5.38. The van der Waals surface area contributed by atoms with Gasteiger partial charge in [0.05, 0.1) is 18.9 Å². The van der Waals surface area contributed by atoms with Crippen molar-refractivity contribution in [3.63, 3.8) is 0 Å². The largest absolute Gasteiger partial charge is 0.378 e. The molecule has 1 aliphatic heterocycles. The molecule has 0 saturated carbocycles. The lowest BCUT2D eigenvalue weighted by molar-refractivity contribution is 0.122. The normalized spacial score (nSPS) is 15.6. The quantitative estimate of drug-likeness (QED) is 0.585. The van der Waals surface area contributed by atoms with Gasteiger partial charge in [-0.25, -0.2) is 0 Å². The van der Waals surface area contributed by atoms with Gasteiger partial charge in [-0.3, -0.25) is 4.99 Å². The van der Waals surface area contributed by atoms with Crippen LogP contribution in [0.25, 0.3) is 0 Å². The van der Waals surface area contributed by atoms with E-state index in [0.717, 1.165) is 41.1 Å². The van der Waals surface area contributed by atoms with Gasteiger partial charge in [0.15, 0.2) is 0 Å². The first-order valence-corrected chi connectivity index (χ1v) is 8.12. The Kier molecular flexibility index (Phi) is 4.87. The van der Waals surface area contributed by atoms with Crippen LogP contribution in [-0.2, 0) is 4.74 Å². The Morgan fingerprint density at radius 3 is 2.43 bits per heavy atom. The van der Waals surface area contributed by atoms with Gasteiger partial charge in [0, 0.05) is 28.6 Å². The highest BCUT2D eigenvalue weighted by Gasteiger charge is 2.10. The van der Waals surface area contributed by atoms with E-state index < -0.39 is 0 Å². The van der Waals surface area contributed by atoms with Crippen LogP contribution in [0.15, 0.2) is 53.5 Å². The number of ether oxygens (including phenoxy) is 1. The van der Waals surface area contributed by atoms with E-state index in [4.69, 9.17) is 4.74 Å². The number of anilines is 1. The zero-order valence-corrected chi connectivity index (χ0v) is 13.9. The Morgan fingerprint density at radius 2 is 1.71 bits per heavy atom. The standard InChI is InChI=1S/C17H17IN2O/c18-16-3-1-2-4-17(16)19-13-14-5-7-15(8-6-14)20-9-11-21-12-10-20/h1-8,13H,9-12H2. The molecule has 0 radical (unpaired) electrons. The van der Waals surface area contributed by atoms with Crippen LogP contribution in [-0.4, -0.2) is 32.5 Å². The number of morpholine rings is 1. The Balaban J connectivity index is 1.71. The maximum Gasteiger partial charge on any atom is 0.0763 e. The summed E-state index contributed by atoms with van der Waals surface area (Å²) in [7, 11) is 0. The monoisotopic (exact) mass is 392 g/mol. The third kappa shape index (κ3) is 3.83. The molecule has 0 bridgehead atoms. The number of rotatable bonds is 3. The molecule has 1 fully saturated rings. The molecule has 2 aromatic carbocycles. The lowest BCUT2D eigenvalue weighted by Crippen LogP contribution is -2.36. The number of para-hydroxylation sites is 1. The molecule has 0 amide bonds. The van der Waals surface area contributed by atoms with Crippen molar-refractivity contribution in [2.75, 3.05) is 31.2 Å². The number of benzene rings is 2. The first kappa shape index (κ1) is 14.5. The molecular formula is C17H17IN2O. The second kappa shape index (κ2) is 7.04. The smallest absolute Gasteiger partial charge is 0.0763 e. The van der Waals surface area contributed by atoms with Gasteiger partial charge < -0.3 is 9.64 Å². The van der Waals surface area contributed by atoms with Crippen molar-refractivity contribution < 1.29 is 4.74 Å². The van der Waals surface area contributed by atoms with E-state index in [1.807, 2.05) is 24.4 Å². The molecule has 0 aromatic heterocycles. The van der Waals surface area contributed by atoms with Gasteiger partial charge in [-0.15, -0.1) is 0 Å². The molecule has 3 rings (SSSR count). The molecule has 108 valence electrons. The average molecular weight is 392 g/mol. The van der Waals surface area contributed by atoms with Crippen molar-refractivity contribution >= 4 is 40.2 Å². The zero-order valence-electron chi connectivity index (χ0n) is 11.7. The Bertz CT molecular complexity index is 619. The van der Waals surface area contributed by atoms with Crippen molar-refractivity contribution in [2.24, 2.45) is 4.99 Å². The van der Waals surface area contributed by atoms with Gasteiger partial charge in [-0.1, -0.05) is 24.3 Å². The fourth-order valence-electron chi connectivity index (χ4n) is 2.29. The summed E-state index contributed by atoms with van der Waals surface area (Å²) < 4.78 is 6.54. The molecule has 0 N–H and O–H groups in total. The highest BCUT2D eigenvalue weighted by atomic mass is 127. The lowest BCUT2D eigenvalue weighted by Gasteiger charge is -2.28. The van der Waals surface area contributed by atoms with Crippen LogP contribution in [0.5, 0.6) is 0 Å². The van der Waals surface area contributed by atoms with E-state index in [2.05, 4.69) is 62.8 Å². The number of nitrogens with zero attached hydrogens (tertiary/aromatic N) is 2. The van der Waals surface area contributed by atoms with Crippen LogP contribution >= 0.6 is 22.6 Å². The van der Waals surface area contributed by atoms with Crippen molar-refractivity contribution in [3.8, 4) is 0 Å². The van der Waals surface area contributed by atoms with Crippen LogP contribution in [0.1, 0.15) is 5.56 Å². The molecule has 4 heteroatoms. The van der Waals surface area contributed by atoms with Gasteiger partial charge >= 0.3 is 0 Å². The lowest BCUT2D eigenvalue weighted by atomic mass is 10.2. The van der Waals surface area contributed by atoms with Crippen molar-refractivity contribution in [1.29, 1.82) is 0 Å². The zero-order chi connectivity index (χ0) is 14.5. The van der Waals surface area contributed by atoms with Gasteiger partial charge in [0.25, 0.3) is 0 Å². The third-order valence-electron chi connectivity index (χ3n) is 3.47. The Labute approximate surface area is 138 Å². The summed E-state index contributed by atoms with van der Waals surface area (Å²) in [4.78, 5) is 6.90. The van der Waals surface area contributed by atoms with Crippen LogP contribution in [0, 0.1) is 3.57 Å². The highest BCUT2D eigenvalue weighted by molar-refractivity contribution is 14.1. The minimum atomic E-state index is 0.815. The van der Waals surface area contributed by atoms with Crippen molar-refractivity contribution in [2.45, 2.75) is 0 Å². The van der Waals surface area contributed by atoms with E-state index >= 15 is 0 Å². The Morgan fingerprint density at radius 1 is 1.00 bits per heavy atom. The summed E-state index contributed by atoms with van der Waals surface area (Å²) in [6.07, 6.45) is 1.92. The summed E-state index contributed by atoms with van der Waals surface area (Å²) >= 11 is 2.31. The molecule has 0 spiro atoms. The minimum absolute atomic E-state index is 0.815. The molecule has 3 nitrogen and oxygen atoms in total. The highest BCUT2D eigenvalue weighted by Crippen LogP contribution is 2.21. The second-order valence-electron chi connectivity index (χ2n) is 4.90. The predicted octanol–water partition coefficient (Wildman–Crippen LogP) is 3.88. The number of hydrogen-bond donors (Lipinski definition) is 0. The van der Waals surface area contributed by atoms with E-state index in [1.165, 1.54) is 5.69 Å². The maximum absolute atomic E-state index is 5.38. The molecule has 0 unspecified atom stereocenters. The SMILES string of the molecule is Ic1ccccc1N=Cc1ccc(N2CCOCC2)cc1. The van der Waals surface area contributed by atoms with Gasteiger partial charge in [-0.05, 0) is 52.4 Å². The molecule has 2 aromatic rings. The summed E-state index contributed by atoms with van der Waals surface area (Å²) in [5, 5.41) is 0.